The Balaban J connectivity index is 3.26. The molecule has 0 aliphatic carbocycles. The molecule has 0 bridgehead atoms. The number of sulfone groups is 1. The minimum absolute atomic E-state index is 0.0333. The Bertz CT molecular complexity index is 541. The molecule has 1 aromatic rings. The molecule has 0 fully saturated rings. The van der Waals surface area contributed by atoms with Gasteiger partial charge in [0, 0.05) is 0 Å². The molecule has 4 nitrogen and oxygen atoms in total. The second-order valence-electron chi connectivity index (χ2n) is 3.72. The highest BCUT2D eigenvalue weighted by Gasteiger charge is 2.20. The van der Waals surface area contributed by atoms with E-state index in [0.717, 1.165) is 0 Å². The van der Waals surface area contributed by atoms with Crippen LogP contribution < -0.4 is 11.1 Å². The van der Waals surface area contributed by atoms with E-state index >= 15 is 0 Å². The molecule has 0 amide bonds. The molecule has 1 aromatic carbocycles. The Morgan fingerprint density at radius 1 is 1.47 bits per heavy atom. The second kappa shape index (κ2) is 5.20. The van der Waals surface area contributed by atoms with Crippen LogP contribution in [0.5, 0.6) is 0 Å². The van der Waals surface area contributed by atoms with E-state index in [1.165, 1.54) is 18.2 Å². The molecule has 94 valence electrons. The van der Waals surface area contributed by atoms with Crippen molar-refractivity contribution in [2.45, 2.75) is 24.0 Å². The summed E-state index contributed by atoms with van der Waals surface area (Å²) in [6.07, 6.45) is 0. The fourth-order valence-corrected chi connectivity index (χ4v) is 2.54. The number of nitrogens with one attached hydrogen (secondary N) is 1. The van der Waals surface area contributed by atoms with E-state index < -0.39 is 15.1 Å². The first kappa shape index (κ1) is 14.2. The highest BCUT2D eigenvalue weighted by atomic mass is 35.5. The lowest BCUT2D eigenvalue weighted by Crippen LogP contribution is -2.20. The molecule has 17 heavy (non-hydrogen) atoms. The third-order valence-corrected chi connectivity index (χ3v) is 4.73. The van der Waals surface area contributed by atoms with E-state index in [1.54, 1.807) is 13.8 Å². The Kier molecular flexibility index (Phi) is 4.35. The number of hydrogen-bond donors (Lipinski definition) is 2. The van der Waals surface area contributed by atoms with Crippen LogP contribution in [0.2, 0.25) is 5.02 Å². The van der Waals surface area contributed by atoms with E-state index in [2.05, 4.69) is 17.5 Å². The van der Waals surface area contributed by atoms with Crippen LogP contribution in [-0.4, -0.2) is 18.8 Å². The Morgan fingerprint density at radius 2 is 2.06 bits per heavy atom. The van der Waals surface area contributed by atoms with Crippen molar-refractivity contribution in [2.75, 3.05) is 5.32 Å². The highest BCUT2D eigenvalue weighted by molar-refractivity contribution is 7.92. The average molecular weight is 293 g/mol. The summed E-state index contributed by atoms with van der Waals surface area (Å²) in [6.45, 7) is 3.23. The quantitative estimate of drug-likeness (QED) is 0.836. The number of thiocarbonyl (C=S) groups is 1. The van der Waals surface area contributed by atoms with E-state index in [0.29, 0.717) is 10.7 Å². The monoisotopic (exact) mass is 292 g/mol. The molecule has 0 saturated carbocycles. The number of anilines is 1. The summed E-state index contributed by atoms with van der Waals surface area (Å²) in [5, 5.41) is 2.53. The maximum Gasteiger partial charge on any atom is 0.180 e. The third-order valence-electron chi connectivity index (χ3n) is 2.14. The van der Waals surface area contributed by atoms with Crippen molar-refractivity contribution in [3.63, 3.8) is 0 Å². The van der Waals surface area contributed by atoms with Gasteiger partial charge in [-0.15, -0.1) is 0 Å². The highest BCUT2D eigenvalue weighted by Crippen LogP contribution is 2.26. The van der Waals surface area contributed by atoms with Crippen LogP contribution in [0.4, 0.5) is 5.69 Å². The van der Waals surface area contributed by atoms with Crippen LogP contribution >= 0.6 is 23.8 Å². The largest absolute Gasteiger partial charge is 0.376 e. The van der Waals surface area contributed by atoms with E-state index in [-0.39, 0.29) is 10.0 Å². The standard InChI is InChI=1S/C10H13ClN2O2S2/c1-6(2)17(14,15)7-3-4-8(11)9(5-7)13-10(12)16/h3-6H,1-2H3,(H3,12,13,16). The van der Waals surface area contributed by atoms with Crippen molar-refractivity contribution in [2.24, 2.45) is 5.73 Å². The summed E-state index contributed by atoms with van der Waals surface area (Å²) in [5.41, 5.74) is 5.71. The molecule has 0 spiro atoms. The summed E-state index contributed by atoms with van der Waals surface area (Å²) < 4.78 is 23.9. The van der Waals surface area contributed by atoms with Crippen LogP contribution in [0, 0.1) is 0 Å². The minimum Gasteiger partial charge on any atom is -0.376 e. The Hall–Kier alpha value is -0.850. The van der Waals surface area contributed by atoms with E-state index in [1.807, 2.05) is 0 Å². The summed E-state index contributed by atoms with van der Waals surface area (Å²) in [6, 6.07) is 4.39. The number of hydrogen-bond acceptors (Lipinski definition) is 3. The zero-order chi connectivity index (χ0) is 13.2. The molecule has 0 atom stereocenters. The maximum atomic E-state index is 11.9. The SMILES string of the molecule is CC(C)S(=O)(=O)c1ccc(Cl)c(NC(N)=S)c1. The normalized spacial score (nSPS) is 11.5. The van der Waals surface area contributed by atoms with E-state index in [9.17, 15) is 8.42 Å². The molecular weight excluding hydrogens is 280 g/mol. The van der Waals surface area contributed by atoms with Gasteiger partial charge in [0.15, 0.2) is 14.9 Å². The number of rotatable bonds is 3. The molecule has 7 heteroatoms. The lowest BCUT2D eigenvalue weighted by atomic mass is 10.3. The van der Waals surface area contributed by atoms with Crippen molar-refractivity contribution >= 4 is 44.5 Å². The van der Waals surface area contributed by atoms with Gasteiger partial charge >= 0.3 is 0 Å². The lowest BCUT2D eigenvalue weighted by molar-refractivity contribution is 0.587. The molecular formula is C10H13ClN2O2S2. The molecule has 3 N–H and O–H groups in total. The van der Waals surface area contributed by atoms with Crippen LogP contribution in [0.1, 0.15) is 13.8 Å². The Labute approximate surface area is 111 Å². The van der Waals surface area contributed by atoms with E-state index in [4.69, 9.17) is 17.3 Å². The van der Waals surface area contributed by atoms with Crippen molar-refractivity contribution in [3.05, 3.63) is 23.2 Å². The van der Waals surface area contributed by atoms with Crippen LogP contribution in [0.25, 0.3) is 0 Å². The smallest absolute Gasteiger partial charge is 0.180 e. The zero-order valence-electron chi connectivity index (χ0n) is 9.40. The second-order valence-corrected chi connectivity index (χ2v) is 7.08. The number of nitrogens with two attached hydrogens (primary N) is 1. The molecule has 0 heterocycles. The first-order chi connectivity index (χ1) is 7.75. The molecule has 0 aliphatic rings. The van der Waals surface area contributed by atoms with Crippen molar-refractivity contribution in [1.82, 2.24) is 0 Å². The third kappa shape index (κ3) is 3.31. The van der Waals surface area contributed by atoms with Gasteiger partial charge in [0.05, 0.1) is 20.9 Å². The fourth-order valence-electron chi connectivity index (χ4n) is 1.18. The first-order valence-corrected chi connectivity index (χ1v) is 7.18. The van der Waals surface area contributed by atoms with Gasteiger partial charge in [-0.1, -0.05) is 11.6 Å². The molecule has 0 radical (unpaired) electrons. The molecule has 0 aliphatic heterocycles. The van der Waals surface area contributed by atoms with Gasteiger partial charge in [-0.25, -0.2) is 8.42 Å². The van der Waals surface area contributed by atoms with Gasteiger partial charge in [-0.05, 0) is 44.3 Å². The summed E-state index contributed by atoms with van der Waals surface area (Å²) in [7, 11) is -3.33. The van der Waals surface area contributed by atoms with Crippen molar-refractivity contribution in [1.29, 1.82) is 0 Å². The average Bonchev–Trinajstić information content (AvgIpc) is 2.20. The van der Waals surface area contributed by atoms with Gasteiger partial charge < -0.3 is 11.1 Å². The van der Waals surface area contributed by atoms with Crippen molar-refractivity contribution in [3.8, 4) is 0 Å². The van der Waals surface area contributed by atoms with Crippen LogP contribution in [0.15, 0.2) is 23.1 Å². The van der Waals surface area contributed by atoms with Gasteiger partial charge in [-0.2, -0.15) is 0 Å². The summed E-state index contributed by atoms with van der Waals surface area (Å²) >= 11 is 10.6. The molecule has 0 unspecified atom stereocenters. The topological polar surface area (TPSA) is 72.2 Å². The zero-order valence-corrected chi connectivity index (χ0v) is 11.8. The summed E-state index contributed by atoms with van der Waals surface area (Å²) in [4.78, 5) is 0.190. The molecule has 0 aromatic heterocycles. The number of halogens is 1. The predicted molar refractivity (Wildman–Crippen MR) is 74.2 cm³/mol. The minimum atomic E-state index is -3.33. The lowest BCUT2D eigenvalue weighted by Gasteiger charge is -2.11. The first-order valence-electron chi connectivity index (χ1n) is 4.85. The molecule has 0 saturated heterocycles. The van der Waals surface area contributed by atoms with Gasteiger partial charge in [0.25, 0.3) is 0 Å². The predicted octanol–water partition coefficient (Wildman–Crippen LogP) is 2.18. The molecule has 1 rings (SSSR count). The van der Waals surface area contributed by atoms with Gasteiger partial charge in [0.1, 0.15) is 0 Å². The van der Waals surface area contributed by atoms with Gasteiger partial charge in [-0.3, -0.25) is 0 Å². The summed E-state index contributed by atoms with van der Waals surface area (Å²) in [5.74, 6) is 0. The maximum absolute atomic E-state index is 11.9. The number of benzene rings is 1. The Morgan fingerprint density at radius 3 is 2.53 bits per heavy atom. The fraction of sp³-hybridized carbons (Fsp3) is 0.300. The van der Waals surface area contributed by atoms with Gasteiger partial charge in [0.2, 0.25) is 0 Å². The van der Waals surface area contributed by atoms with Crippen LogP contribution in [0.3, 0.4) is 0 Å². The van der Waals surface area contributed by atoms with Crippen molar-refractivity contribution < 1.29 is 8.42 Å². The van der Waals surface area contributed by atoms with Crippen LogP contribution in [-0.2, 0) is 9.84 Å².